The maximum atomic E-state index is 12.7. The van der Waals surface area contributed by atoms with E-state index in [-0.39, 0.29) is 5.91 Å². The predicted octanol–water partition coefficient (Wildman–Crippen LogP) is 3.70. The van der Waals surface area contributed by atoms with E-state index in [1.165, 1.54) is 0 Å². The van der Waals surface area contributed by atoms with Gasteiger partial charge in [0.05, 0.1) is 30.3 Å². The van der Waals surface area contributed by atoms with Gasteiger partial charge in [-0.2, -0.15) is 16.9 Å². The molecule has 1 N–H and O–H groups in total. The lowest BCUT2D eigenvalue weighted by Crippen LogP contribution is -2.25. The molecule has 2 heterocycles. The zero-order valence-electron chi connectivity index (χ0n) is 17.2. The van der Waals surface area contributed by atoms with Crippen LogP contribution in [0, 0.1) is 0 Å². The molecule has 0 atom stereocenters. The number of nitrogens with one attached hydrogen (secondary N) is 1. The van der Waals surface area contributed by atoms with Gasteiger partial charge in [-0.05, 0) is 49.5 Å². The summed E-state index contributed by atoms with van der Waals surface area (Å²) in [5.41, 5.74) is 3.15. The van der Waals surface area contributed by atoms with Gasteiger partial charge in [0, 0.05) is 24.2 Å². The average Bonchev–Trinajstić information content (AvgIpc) is 3.54. The lowest BCUT2D eigenvalue weighted by molar-refractivity contribution is 0.0952. The molecule has 4 rings (SSSR count). The first kappa shape index (κ1) is 20.4. The zero-order valence-corrected chi connectivity index (χ0v) is 18.0. The lowest BCUT2D eigenvalue weighted by Gasteiger charge is -2.11. The van der Waals surface area contributed by atoms with E-state index < -0.39 is 0 Å². The number of hydrogen-bond donors (Lipinski definition) is 1. The van der Waals surface area contributed by atoms with Crippen molar-refractivity contribution in [3.63, 3.8) is 0 Å². The fourth-order valence-corrected chi connectivity index (χ4v) is 3.85. The van der Waals surface area contributed by atoms with Gasteiger partial charge in [-0.25, -0.2) is 14.6 Å². The Morgan fingerprint density at radius 2 is 2.13 bits per heavy atom. The van der Waals surface area contributed by atoms with Crippen LogP contribution in [-0.4, -0.2) is 51.3 Å². The smallest absolute Gasteiger partial charge is 0.254 e. The minimum atomic E-state index is -0.0786. The number of para-hydroxylation sites is 1. The topological polar surface area (TPSA) is 81.9 Å². The number of ether oxygens (including phenoxy) is 1. The summed E-state index contributed by atoms with van der Waals surface area (Å²) in [6, 6.07) is 9.58. The van der Waals surface area contributed by atoms with Gasteiger partial charge in [-0.1, -0.05) is 12.1 Å². The highest BCUT2D eigenvalue weighted by atomic mass is 32.2. The first-order valence-electron chi connectivity index (χ1n) is 10.0. The molecular formula is C22H25N5O2S. The molecule has 0 saturated heterocycles. The Bertz CT molecular complexity index is 1030. The Kier molecular flexibility index (Phi) is 6.32. The number of carbonyl (C=O) groups excluding carboxylic acids is 1. The highest BCUT2D eigenvalue weighted by Gasteiger charge is 2.33. The summed E-state index contributed by atoms with van der Waals surface area (Å²) in [5.74, 6) is 2.47. The first-order valence-corrected chi connectivity index (χ1v) is 11.4. The van der Waals surface area contributed by atoms with Crippen molar-refractivity contribution in [3.8, 4) is 23.0 Å². The maximum absolute atomic E-state index is 12.7. The maximum Gasteiger partial charge on any atom is 0.254 e. The summed E-state index contributed by atoms with van der Waals surface area (Å²) in [6.45, 7) is 0.661. The number of benzene rings is 1. The molecule has 0 unspecified atom stereocenters. The summed E-state index contributed by atoms with van der Waals surface area (Å²) in [7, 11) is 1.64. The van der Waals surface area contributed by atoms with E-state index in [0.29, 0.717) is 24.0 Å². The van der Waals surface area contributed by atoms with Crippen LogP contribution in [0.25, 0.3) is 17.2 Å². The molecule has 0 spiro atoms. The van der Waals surface area contributed by atoms with Crippen molar-refractivity contribution in [1.29, 1.82) is 0 Å². The van der Waals surface area contributed by atoms with Gasteiger partial charge in [-0.3, -0.25) is 4.79 Å². The molecule has 8 heteroatoms. The zero-order chi connectivity index (χ0) is 20.9. The Hall–Kier alpha value is -2.87. The standard InChI is InChI=1S/C22H25N5O2S/c1-29-19-7-4-3-6-16(19)18-10-12-24-22(26-18)27-20(15-8-9-15)17(14-25-27)21(28)23-11-5-13-30-2/h3-4,6-7,10,12,14-15H,5,8-9,11,13H2,1-2H3,(H,23,28). The van der Waals surface area contributed by atoms with Crippen molar-refractivity contribution >= 4 is 17.7 Å². The van der Waals surface area contributed by atoms with Crippen molar-refractivity contribution in [1.82, 2.24) is 25.1 Å². The minimum absolute atomic E-state index is 0.0786. The molecule has 3 aromatic rings. The Balaban J connectivity index is 1.65. The van der Waals surface area contributed by atoms with E-state index in [9.17, 15) is 4.79 Å². The first-order chi connectivity index (χ1) is 14.7. The Morgan fingerprint density at radius 1 is 1.30 bits per heavy atom. The lowest BCUT2D eigenvalue weighted by atomic mass is 10.1. The monoisotopic (exact) mass is 423 g/mol. The number of carbonyl (C=O) groups is 1. The van der Waals surface area contributed by atoms with Gasteiger partial charge >= 0.3 is 0 Å². The third-order valence-electron chi connectivity index (χ3n) is 5.04. The number of nitrogens with zero attached hydrogens (tertiary/aromatic N) is 4. The van der Waals surface area contributed by atoms with Crippen LogP contribution in [-0.2, 0) is 0 Å². The van der Waals surface area contributed by atoms with Gasteiger partial charge in [0.25, 0.3) is 11.9 Å². The summed E-state index contributed by atoms with van der Waals surface area (Å²) >= 11 is 1.78. The van der Waals surface area contributed by atoms with E-state index >= 15 is 0 Å². The van der Waals surface area contributed by atoms with Crippen LogP contribution in [0.1, 0.15) is 41.2 Å². The van der Waals surface area contributed by atoms with Gasteiger partial charge in [0.1, 0.15) is 5.75 Å². The highest BCUT2D eigenvalue weighted by Crippen LogP contribution is 2.42. The van der Waals surface area contributed by atoms with E-state index in [1.54, 1.807) is 35.9 Å². The van der Waals surface area contributed by atoms with Gasteiger partial charge in [0.15, 0.2) is 0 Å². The highest BCUT2D eigenvalue weighted by molar-refractivity contribution is 7.98. The largest absolute Gasteiger partial charge is 0.496 e. The van der Waals surface area contributed by atoms with Crippen LogP contribution in [0.3, 0.4) is 0 Å². The number of hydrogen-bond acceptors (Lipinski definition) is 6. The number of rotatable bonds is 9. The Morgan fingerprint density at radius 3 is 2.90 bits per heavy atom. The van der Waals surface area contributed by atoms with Crippen LogP contribution in [0.2, 0.25) is 0 Å². The molecule has 1 fully saturated rings. The van der Waals surface area contributed by atoms with Crippen molar-refractivity contribution in [3.05, 3.63) is 54.0 Å². The number of methoxy groups -OCH3 is 1. The van der Waals surface area contributed by atoms with Crippen LogP contribution < -0.4 is 10.1 Å². The quantitative estimate of drug-likeness (QED) is 0.529. The molecular weight excluding hydrogens is 398 g/mol. The van der Waals surface area contributed by atoms with Gasteiger partial charge < -0.3 is 10.1 Å². The second-order valence-electron chi connectivity index (χ2n) is 7.17. The molecule has 1 aliphatic rings. The second-order valence-corrected chi connectivity index (χ2v) is 8.16. The molecule has 0 aliphatic heterocycles. The number of aromatic nitrogens is 4. The molecule has 1 saturated carbocycles. The van der Waals surface area contributed by atoms with Crippen molar-refractivity contribution in [2.45, 2.75) is 25.2 Å². The van der Waals surface area contributed by atoms with Crippen LogP contribution in [0.5, 0.6) is 5.75 Å². The molecule has 0 bridgehead atoms. The molecule has 0 radical (unpaired) electrons. The summed E-state index contributed by atoms with van der Waals surface area (Å²) in [5, 5.41) is 7.50. The van der Waals surface area contributed by atoms with Crippen LogP contribution >= 0.6 is 11.8 Å². The minimum Gasteiger partial charge on any atom is -0.496 e. The van der Waals surface area contributed by atoms with Crippen molar-refractivity contribution < 1.29 is 9.53 Å². The van der Waals surface area contributed by atoms with E-state index in [2.05, 4.69) is 21.7 Å². The van der Waals surface area contributed by atoms with E-state index in [4.69, 9.17) is 9.72 Å². The summed E-state index contributed by atoms with van der Waals surface area (Å²) in [6.07, 6.45) is 8.46. The molecule has 30 heavy (non-hydrogen) atoms. The summed E-state index contributed by atoms with van der Waals surface area (Å²) < 4.78 is 7.19. The van der Waals surface area contributed by atoms with Crippen molar-refractivity contribution in [2.24, 2.45) is 0 Å². The molecule has 1 aromatic carbocycles. The van der Waals surface area contributed by atoms with E-state index in [0.717, 1.165) is 47.7 Å². The fourth-order valence-electron chi connectivity index (χ4n) is 3.41. The SMILES string of the molecule is COc1ccccc1-c1ccnc(-n2ncc(C(=O)NCCCSC)c2C2CC2)n1. The van der Waals surface area contributed by atoms with E-state index in [1.807, 2.05) is 30.3 Å². The number of thioether (sulfide) groups is 1. The molecule has 156 valence electrons. The van der Waals surface area contributed by atoms with Crippen molar-refractivity contribution in [2.75, 3.05) is 25.7 Å². The molecule has 2 aromatic heterocycles. The average molecular weight is 424 g/mol. The van der Waals surface area contributed by atoms with Crippen LogP contribution in [0.15, 0.2) is 42.7 Å². The second kappa shape index (κ2) is 9.30. The molecule has 1 amide bonds. The fraction of sp³-hybridized carbons (Fsp3) is 0.364. The van der Waals surface area contributed by atoms with Gasteiger partial charge in [0.2, 0.25) is 0 Å². The third-order valence-corrected chi connectivity index (χ3v) is 5.74. The van der Waals surface area contributed by atoms with Crippen LogP contribution in [0.4, 0.5) is 0 Å². The predicted molar refractivity (Wildman–Crippen MR) is 118 cm³/mol. The molecule has 7 nitrogen and oxygen atoms in total. The Labute approximate surface area is 180 Å². The number of amides is 1. The third kappa shape index (κ3) is 4.33. The molecule has 1 aliphatic carbocycles. The van der Waals surface area contributed by atoms with Gasteiger partial charge in [-0.15, -0.1) is 0 Å². The normalized spacial score (nSPS) is 13.3. The summed E-state index contributed by atoms with van der Waals surface area (Å²) in [4.78, 5) is 21.9.